The van der Waals surface area contributed by atoms with Crippen LogP contribution in [0.2, 0.25) is 0 Å². The van der Waals surface area contributed by atoms with E-state index in [1.165, 1.54) is 37.1 Å². The molecule has 0 N–H and O–H groups in total. The van der Waals surface area contributed by atoms with E-state index < -0.39 is 0 Å². The lowest BCUT2D eigenvalue weighted by Crippen LogP contribution is -2.29. The summed E-state index contributed by atoms with van der Waals surface area (Å²) >= 11 is 2.06. The Labute approximate surface area is 140 Å². The average Bonchev–Trinajstić information content (AvgIpc) is 3.18. The van der Waals surface area contributed by atoms with Crippen LogP contribution in [0.25, 0.3) is 11.5 Å². The molecule has 3 rings (SSSR count). The molecule has 0 saturated heterocycles. The maximum atomic E-state index is 13.0. The van der Waals surface area contributed by atoms with Crippen LogP contribution < -0.4 is 0 Å². The number of benzene rings is 1. The average molecular weight is 335 g/mol. The molecule has 1 aliphatic rings. The molecule has 4 nitrogen and oxygen atoms in total. The van der Waals surface area contributed by atoms with E-state index in [0.29, 0.717) is 24.4 Å². The van der Waals surface area contributed by atoms with Gasteiger partial charge in [0, 0.05) is 16.9 Å². The standard InChI is InChI=1S/C17H22FN3OS/c1-3-23-15-9-8-14(10-15)21(2)11-16-19-20-17(22-16)12-4-6-13(18)7-5-12/h4-7,14-15H,3,8-11H2,1-2H3. The van der Waals surface area contributed by atoms with Gasteiger partial charge >= 0.3 is 0 Å². The van der Waals surface area contributed by atoms with Crippen LogP contribution in [-0.2, 0) is 6.54 Å². The predicted molar refractivity (Wildman–Crippen MR) is 90.7 cm³/mol. The molecule has 1 heterocycles. The third-order valence-corrected chi connectivity index (χ3v) is 5.56. The summed E-state index contributed by atoms with van der Waals surface area (Å²) in [4.78, 5) is 2.30. The van der Waals surface area contributed by atoms with Gasteiger partial charge in [0.15, 0.2) is 0 Å². The number of aromatic nitrogens is 2. The Bertz CT molecular complexity index is 631. The van der Waals surface area contributed by atoms with E-state index in [1.807, 2.05) is 0 Å². The molecule has 0 bridgehead atoms. The van der Waals surface area contributed by atoms with Crippen molar-refractivity contribution in [3.63, 3.8) is 0 Å². The van der Waals surface area contributed by atoms with Gasteiger partial charge in [-0.1, -0.05) is 6.92 Å². The third-order valence-electron chi connectivity index (χ3n) is 4.33. The van der Waals surface area contributed by atoms with Gasteiger partial charge in [-0.15, -0.1) is 10.2 Å². The second-order valence-electron chi connectivity index (χ2n) is 5.97. The van der Waals surface area contributed by atoms with Crippen LogP contribution in [0.4, 0.5) is 4.39 Å². The molecule has 1 fully saturated rings. The minimum atomic E-state index is -0.269. The topological polar surface area (TPSA) is 42.2 Å². The van der Waals surface area contributed by atoms with Crippen molar-refractivity contribution in [1.82, 2.24) is 15.1 Å². The minimum absolute atomic E-state index is 0.269. The van der Waals surface area contributed by atoms with E-state index in [1.54, 1.807) is 12.1 Å². The van der Waals surface area contributed by atoms with Gasteiger partial charge in [0.1, 0.15) is 5.82 Å². The highest BCUT2D eigenvalue weighted by molar-refractivity contribution is 7.99. The second kappa shape index (κ2) is 7.45. The van der Waals surface area contributed by atoms with E-state index in [0.717, 1.165) is 10.8 Å². The summed E-state index contributed by atoms with van der Waals surface area (Å²) in [7, 11) is 2.12. The molecular weight excluding hydrogens is 313 g/mol. The molecule has 1 aliphatic carbocycles. The molecule has 124 valence electrons. The first-order valence-electron chi connectivity index (χ1n) is 8.06. The Kier molecular flexibility index (Phi) is 5.33. The van der Waals surface area contributed by atoms with Crippen LogP contribution in [0.5, 0.6) is 0 Å². The van der Waals surface area contributed by atoms with Gasteiger partial charge in [0.25, 0.3) is 0 Å². The number of rotatable bonds is 6. The third kappa shape index (κ3) is 4.12. The van der Waals surface area contributed by atoms with Crippen molar-refractivity contribution in [2.45, 2.75) is 44.0 Å². The van der Waals surface area contributed by atoms with Crippen molar-refractivity contribution >= 4 is 11.8 Å². The summed E-state index contributed by atoms with van der Waals surface area (Å²) in [5, 5.41) is 8.98. The van der Waals surface area contributed by atoms with Crippen LogP contribution in [-0.4, -0.2) is 39.2 Å². The molecule has 1 aromatic carbocycles. The Hall–Kier alpha value is -1.40. The lowest BCUT2D eigenvalue weighted by Gasteiger charge is -2.22. The molecule has 1 aromatic heterocycles. The fourth-order valence-corrected chi connectivity index (χ4v) is 4.21. The van der Waals surface area contributed by atoms with Gasteiger partial charge in [-0.25, -0.2) is 4.39 Å². The molecule has 0 spiro atoms. The Morgan fingerprint density at radius 2 is 2.04 bits per heavy atom. The normalized spacial score (nSPS) is 21.2. The number of hydrogen-bond donors (Lipinski definition) is 0. The first-order chi connectivity index (χ1) is 11.2. The van der Waals surface area contributed by atoms with Crippen molar-refractivity contribution in [1.29, 1.82) is 0 Å². The summed E-state index contributed by atoms with van der Waals surface area (Å²) in [6.07, 6.45) is 3.75. The molecule has 1 saturated carbocycles. The van der Waals surface area contributed by atoms with Gasteiger partial charge in [-0.3, -0.25) is 4.90 Å². The van der Waals surface area contributed by atoms with Crippen molar-refractivity contribution < 1.29 is 8.81 Å². The van der Waals surface area contributed by atoms with E-state index in [2.05, 4.69) is 40.8 Å². The van der Waals surface area contributed by atoms with Crippen molar-refractivity contribution in [3.05, 3.63) is 36.0 Å². The van der Waals surface area contributed by atoms with Gasteiger partial charge in [-0.05, 0) is 56.3 Å². The zero-order valence-electron chi connectivity index (χ0n) is 13.5. The smallest absolute Gasteiger partial charge is 0.247 e. The molecule has 2 unspecified atom stereocenters. The molecule has 0 aliphatic heterocycles. The van der Waals surface area contributed by atoms with Crippen molar-refractivity contribution in [3.8, 4) is 11.5 Å². The first kappa shape index (κ1) is 16.5. The Balaban J connectivity index is 1.59. The number of nitrogens with zero attached hydrogens (tertiary/aromatic N) is 3. The van der Waals surface area contributed by atoms with Gasteiger partial charge < -0.3 is 4.42 Å². The largest absolute Gasteiger partial charge is 0.419 e. The van der Waals surface area contributed by atoms with Gasteiger partial charge in [-0.2, -0.15) is 11.8 Å². The summed E-state index contributed by atoms with van der Waals surface area (Å²) in [6.45, 7) is 2.87. The maximum Gasteiger partial charge on any atom is 0.247 e. The second-order valence-corrected chi connectivity index (χ2v) is 7.54. The fourth-order valence-electron chi connectivity index (χ4n) is 3.07. The van der Waals surface area contributed by atoms with Crippen LogP contribution in [0.3, 0.4) is 0 Å². The number of thioether (sulfide) groups is 1. The maximum absolute atomic E-state index is 13.0. The van der Waals surface area contributed by atoms with E-state index in [9.17, 15) is 4.39 Å². The molecular formula is C17H22FN3OS. The van der Waals surface area contributed by atoms with Crippen LogP contribution in [0.15, 0.2) is 28.7 Å². The van der Waals surface area contributed by atoms with E-state index >= 15 is 0 Å². The van der Waals surface area contributed by atoms with Crippen LogP contribution in [0.1, 0.15) is 32.1 Å². The fraction of sp³-hybridized carbons (Fsp3) is 0.529. The lowest BCUT2D eigenvalue weighted by atomic mass is 10.2. The molecule has 2 atom stereocenters. The molecule has 6 heteroatoms. The van der Waals surface area contributed by atoms with Crippen LogP contribution in [0, 0.1) is 5.82 Å². The molecule has 23 heavy (non-hydrogen) atoms. The Morgan fingerprint density at radius 3 is 2.78 bits per heavy atom. The monoisotopic (exact) mass is 335 g/mol. The highest BCUT2D eigenvalue weighted by atomic mass is 32.2. The van der Waals surface area contributed by atoms with E-state index in [4.69, 9.17) is 4.42 Å². The van der Waals surface area contributed by atoms with E-state index in [-0.39, 0.29) is 5.82 Å². The summed E-state index contributed by atoms with van der Waals surface area (Å²) < 4.78 is 18.7. The zero-order valence-corrected chi connectivity index (χ0v) is 14.4. The van der Waals surface area contributed by atoms with Gasteiger partial charge in [0.2, 0.25) is 11.8 Å². The van der Waals surface area contributed by atoms with Crippen LogP contribution >= 0.6 is 11.8 Å². The predicted octanol–water partition coefficient (Wildman–Crippen LogP) is 3.98. The molecule has 2 aromatic rings. The Morgan fingerprint density at radius 1 is 1.26 bits per heavy atom. The molecule has 0 amide bonds. The summed E-state index contributed by atoms with van der Waals surface area (Å²) in [5.74, 6) is 1.97. The molecule has 0 radical (unpaired) electrons. The first-order valence-corrected chi connectivity index (χ1v) is 9.10. The van der Waals surface area contributed by atoms with Gasteiger partial charge in [0.05, 0.1) is 6.54 Å². The SMILES string of the molecule is CCSC1CCC(N(C)Cc2nnc(-c3ccc(F)cc3)o2)C1. The quantitative estimate of drug-likeness (QED) is 0.799. The summed E-state index contributed by atoms with van der Waals surface area (Å²) in [6, 6.07) is 6.69. The highest BCUT2D eigenvalue weighted by Crippen LogP contribution is 2.32. The number of hydrogen-bond acceptors (Lipinski definition) is 5. The van der Waals surface area contributed by atoms with Crippen molar-refractivity contribution in [2.24, 2.45) is 0 Å². The minimum Gasteiger partial charge on any atom is -0.419 e. The zero-order chi connectivity index (χ0) is 16.2. The lowest BCUT2D eigenvalue weighted by molar-refractivity contribution is 0.216. The number of halogens is 1. The summed E-state index contributed by atoms with van der Waals surface area (Å²) in [5.41, 5.74) is 0.744. The van der Waals surface area contributed by atoms with Crippen molar-refractivity contribution in [2.75, 3.05) is 12.8 Å². The highest BCUT2D eigenvalue weighted by Gasteiger charge is 2.28.